The van der Waals surface area contributed by atoms with Gasteiger partial charge in [-0.1, -0.05) is 25.6 Å². The van der Waals surface area contributed by atoms with Gasteiger partial charge in [-0.15, -0.1) is 0 Å². The Morgan fingerprint density at radius 2 is 2.31 bits per heavy atom. The van der Waals surface area contributed by atoms with Crippen molar-refractivity contribution in [1.82, 2.24) is 5.32 Å². The lowest BCUT2D eigenvalue weighted by Gasteiger charge is -2.26. The second-order valence-electron chi connectivity index (χ2n) is 4.49. The minimum atomic E-state index is -0.727. The Labute approximate surface area is 105 Å². The van der Waals surface area contributed by atoms with Gasteiger partial charge < -0.3 is 5.32 Å². The molecule has 0 spiro atoms. The summed E-state index contributed by atoms with van der Waals surface area (Å²) >= 11 is 1.81. The summed E-state index contributed by atoms with van der Waals surface area (Å²) in [5.41, 5.74) is 0. The predicted molar refractivity (Wildman–Crippen MR) is 74.7 cm³/mol. The summed E-state index contributed by atoms with van der Waals surface area (Å²) < 4.78 is 11.2. The first-order valence-corrected chi connectivity index (χ1v) is 8.29. The fourth-order valence-corrected chi connectivity index (χ4v) is 3.28. The second-order valence-corrected chi connectivity index (χ2v) is 7.72. The maximum atomic E-state index is 11.2. The van der Waals surface area contributed by atoms with Crippen LogP contribution in [0, 0.1) is 0 Å². The summed E-state index contributed by atoms with van der Waals surface area (Å²) in [6, 6.07) is 0.521. The maximum Gasteiger partial charge on any atom is 0.157 e. The van der Waals surface area contributed by atoms with Crippen LogP contribution < -0.4 is 5.32 Å². The van der Waals surface area contributed by atoms with Crippen molar-refractivity contribution in [3.8, 4) is 0 Å². The third-order valence-corrected chi connectivity index (χ3v) is 5.16. The molecule has 4 atom stereocenters. The highest BCUT2D eigenvalue weighted by Crippen LogP contribution is 2.22. The number of amidine groups is 1. The second kappa shape index (κ2) is 6.64. The molecule has 94 valence electrons. The summed E-state index contributed by atoms with van der Waals surface area (Å²) in [6.45, 7) is 7.22. The van der Waals surface area contributed by atoms with Crippen LogP contribution in [-0.2, 0) is 10.8 Å². The van der Waals surface area contributed by atoms with Crippen molar-refractivity contribution in [3.05, 3.63) is 0 Å². The minimum Gasteiger partial charge on any atom is -0.362 e. The third-order valence-electron chi connectivity index (χ3n) is 2.73. The number of nitrogens with zero attached hydrogens (tertiary/aromatic N) is 1. The average Bonchev–Trinajstić information content (AvgIpc) is 2.15. The standard InChI is InChI=1S/C11H22N2OS2/c1-8-7-9(2)15-11(13-8)12-6-5-10(3)16(4)14/h8-10H,5-7H2,1-4H3,(H,12,13). The van der Waals surface area contributed by atoms with Crippen LogP contribution in [0.3, 0.4) is 0 Å². The minimum absolute atomic E-state index is 0.243. The van der Waals surface area contributed by atoms with Crippen LogP contribution >= 0.6 is 11.8 Å². The molecule has 0 bridgehead atoms. The number of aliphatic imine (C=N–C) groups is 1. The fourth-order valence-electron chi connectivity index (χ4n) is 1.64. The van der Waals surface area contributed by atoms with Crippen molar-refractivity contribution < 1.29 is 4.21 Å². The van der Waals surface area contributed by atoms with Gasteiger partial charge in [-0.2, -0.15) is 0 Å². The van der Waals surface area contributed by atoms with Crippen molar-refractivity contribution in [2.24, 2.45) is 4.99 Å². The normalized spacial score (nSPS) is 32.1. The van der Waals surface area contributed by atoms with Gasteiger partial charge in [0.2, 0.25) is 0 Å². The predicted octanol–water partition coefficient (Wildman–Crippen LogP) is 2.00. The van der Waals surface area contributed by atoms with Gasteiger partial charge in [0.1, 0.15) is 0 Å². The monoisotopic (exact) mass is 262 g/mol. The molecule has 1 aliphatic rings. The number of nitrogens with one attached hydrogen (secondary N) is 1. The molecule has 1 fully saturated rings. The Bertz CT molecular complexity index is 269. The lowest BCUT2D eigenvalue weighted by Crippen LogP contribution is -2.38. The smallest absolute Gasteiger partial charge is 0.157 e. The zero-order valence-corrected chi connectivity index (χ0v) is 12.2. The first-order chi connectivity index (χ1) is 7.49. The van der Waals surface area contributed by atoms with E-state index >= 15 is 0 Å². The van der Waals surface area contributed by atoms with Gasteiger partial charge in [-0.05, 0) is 19.8 Å². The molecule has 0 aromatic rings. The molecule has 0 radical (unpaired) electrons. The topological polar surface area (TPSA) is 41.5 Å². The highest BCUT2D eigenvalue weighted by molar-refractivity contribution is 8.14. The molecule has 0 aromatic carbocycles. The first-order valence-electron chi connectivity index (χ1n) is 5.79. The van der Waals surface area contributed by atoms with Crippen molar-refractivity contribution >= 4 is 27.7 Å². The van der Waals surface area contributed by atoms with Crippen LogP contribution in [0.2, 0.25) is 0 Å². The van der Waals surface area contributed by atoms with Crippen LogP contribution in [0.15, 0.2) is 4.99 Å². The molecule has 1 saturated heterocycles. The molecular weight excluding hydrogens is 240 g/mol. The number of hydrogen-bond donors (Lipinski definition) is 1. The van der Waals surface area contributed by atoms with Crippen molar-refractivity contribution in [3.63, 3.8) is 0 Å². The van der Waals surface area contributed by atoms with Gasteiger partial charge in [-0.3, -0.25) is 9.20 Å². The molecule has 1 N–H and O–H groups in total. The van der Waals surface area contributed by atoms with Crippen LogP contribution in [0.1, 0.15) is 33.6 Å². The van der Waals surface area contributed by atoms with Gasteiger partial charge in [0.05, 0.1) is 0 Å². The summed E-state index contributed by atoms with van der Waals surface area (Å²) in [5, 5.41) is 5.33. The molecule has 5 heteroatoms. The molecule has 0 amide bonds. The lowest BCUT2D eigenvalue weighted by atomic mass is 10.2. The van der Waals surface area contributed by atoms with Crippen molar-refractivity contribution in [1.29, 1.82) is 0 Å². The average molecular weight is 262 g/mol. The molecule has 1 heterocycles. The zero-order chi connectivity index (χ0) is 12.1. The van der Waals surface area contributed by atoms with Gasteiger partial charge in [-0.25, -0.2) is 0 Å². The Morgan fingerprint density at radius 1 is 1.62 bits per heavy atom. The van der Waals surface area contributed by atoms with E-state index in [-0.39, 0.29) is 5.25 Å². The van der Waals surface area contributed by atoms with Gasteiger partial charge in [0, 0.05) is 40.1 Å². The Balaban J connectivity index is 2.36. The molecule has 0 saturated carbocycles. The fraction of sp³-hybridized carbons (Fsp3) is 0.909. The van der Waals surface area contributed by atoms with Crippen LogP contribution in [0.25, 0.3) is 0 Å². The first kappa shape index (κ1) is 14.0. The van der Waals surface area contributed by atoms with Gasteiger partial charge in [0.25, 0.3) is 0 Å². The molecule has 4 unspecified atom stereocenters. The van der Waals surface area contributed by atoms with Gasteiger partial charge in [0.15, 0.2) is 5.17 Å². The van der Waals surface area contributed by atoms with Crippen LogP contribution in [0.4, 0.5) is 0 Å². The Kier molecular flexibility index (Phi) is 5.83. The van der Waals surface area contributed by atoms with E-state index in [0.717, 1.165) is 18.1 Å². The van der Waals surface area contributed by atoms with Gasteiger partial charge >= 0.3 is 0 Å². The molecule has 0 aliphatic carbocycles. The quantitative estimate of drug-likeness (QED) is 0.842. The van der Waals surface area contributed by atoms with E-state index in [9.17, 15) is 4.21 Å². The summed E-state index contributed by atoms with van der Waals surface area (Å²) in [4.78, 5) is 4.54. The molecule has 16 heavy (non-hydrogen) atoms. The SMILES string of the molecule is CC1CC(C)SC(=NCCC(C)S(C)=O)N1. The van der Waals surface area contributed by atoms with E-state index < -0.39 is 10.8 Å². The van der Waals surface area contributed by atoms with E-state index in [2.05, 4.69) is 24.2 Å². The van der Waals surface area contributed by atoms with Crippen molar-refractivity contribution in [2.75, 3.05) is 12.8 Å². The number of hydrogen-bond acceptors (Lipinski definition) is 3. The molecule has 1 aliphatic heterocycles. The molecule has 3 nitrogen and oxygen atoms in total. The Morgan fingerprint density at radius 3 is 2.88 bits per heavy atom. The van der Waals surface area contributed by atoms with E-state index in [1.54, 1.807) is 6.26 Å². The third kappa shape index (κ3) is 4.87. The van der Waals surface area contributed by atoms with E-state index in [1.165, 1.54) is 6.42 Å². The number of thioether (sulfide) groups is 1. The molecule has 1 rings (SSSR count). The summed E-state index contributed by atoms with van der Waals surface area (Å²) in [7, 11) is -0.727. The number of rotatable bonds is 4. The van der Waals surface area contributed by atoms with Crippen molar-refractivity contribution in [2.45, 2.75) is 50.2 Å². The highest BCUT2D eigenvalue weighted by atomic mass is 32.2. The largest absolute Gasteiger partial charge is 0.362 e. The highest BCUT2D eigenvalue weighted by Gasteiger charge is 2.19. The molecular formula is C11H22N2OS2. The van der Waals surface area contributed by atoms with Crippen LogP contribution in [0.5, 0.6) is 0 Å². The summed E-state index contributed by atoms with van der Waals surface area (Å²) in [6.07, 6.45) is 3.85. The maximum absolute atomic E-state index is 11.2. The molecule has 0 aromatic heterocycles. The lowest BCUT2D eigenvalue weighted by molar-refractivity contribution is 0.597. The Hall–Kier alpha value is -0.0300. The van der Waals surface area contributed by atoms with E-state index in [4.69, 9.17) is 0 Å². The zero-order valence-electron chi connectivity index (χ0n) is 10.5. The van der Waals surface area contributed by atoms with E-state index in [1.807, 2.05) is 18.7 Å². The van der Waals surface area contributed by atoms with E-state index in [0.29, 0.717) is 11.3 Å². The summed E-state index contributed by atoms with van der Waals surface area (Å²) in [5.74, 6) is 0. The van der Waals surface area contributed by atoms with Crippen LogP contribution in [-0.4, -0.2) is 38.7 Å².